The molecule has 2 heteroatoms. The molecule has 1 aromatic rings. The lowest BCUT2D eigenvalue weighted by Crippen LogP contribution is -2.23. The Bertz CT molecular complexity index is 376. The summed E-state index contributed by atoms with van der Waals surface area (Å²) in [7, 11) is 0. The summed E-state index contributed by atoms with van der Waals surface area (Å²) in [5, 5.41) is 18.9. The SMILES string of the molecule is CCC(C)C(C)CC(c1ccccc1)C(C)CC(O)CO. The second-order valence-corrected chi connectivity index (χ2v) is 6.67. The Morgan fingerprint density at radius 1 is 0.905 bits per heavy atom. The predicted octanol–water partition coefficient (Wildman–Crippen LogP) is 4.22. The van der Waals surface area contributed by atoms with Crippen LogP contribution in [0.5, 0.6) is 0 Å². The number of aliphatic hydroxyl groups is 2. The minimum Gasteiger partial charge on any atom is -0.394 e. The summed E-state index contributed by atoms with van der Waals surface area (Å²) in [6, 6.07) is 10.6. The Balaban J connectivity index is 2.84. The van der Waals surface area contributed by atoms with E-state index in [4.69, 9.17) is 5.11 Å². The van der Waals surface area contributed by atoms with Gasteiger partial charge in [0, 0.05) is 0 Å². The lowest BCUT2D eigenvalue weighted by atomic mass is 9.75. The minimum absolute atomic E-state index is 0.146. The lowest BCUT2D eigenvalue weighted by molar-refractivity contribution is 0.0705. The van der Waals surface area contributed by atoms with Crippen LogP contribution >= 0.6 is 0 Å². The minimum atomic E-state index is -0.606. The van der Waals surface area contributed by atoms with Crippen molar-refractivity contribution in [3.05, 3.63) is 35.9 Å². The molecule has 1 aromatic carbocycles. The van der Waals surface area contributed by atoms with Gasteiger partial charge in [0.05, 0.1) is 12.7 Å². The van der Waals surface area contributed by atoms with E-state index in [1.54, 1.807) is 0 Å². The molecule has 21 heavy (non-hydrogen) atoms. The van der Waals surface area contributed by atoms with E-state index in [9.17, 15) is 5.11 Å². The molecule has 5 atom stereocenters. The largest absolute Gasteiger partial charge is 0.394 e. The molecule has 2 N–H and O–H groups in total. The average Bonchev–Trinajstić information content (AvgIpc) is 2.51. The van der Waals surface area contributed by atoms with E-state index in [1.165, 1.54) is 12.0 Å². The van der Waals surface area contributed by atoms with Gasteiger partial charge in [-0.2, -0.15) is 0 Å². The Hall–Kier alpha value is -0.860. The van der Waals surface area contributed by atoms with Crippen LogP contribution in [0.25, 0.3) is 0 Å². The van der Waals surface area contributed by atoms with Crippen LogP contribution in [0.1, 0.15) is 58.4 Å². The topological polar surface area (TPSA) is 40.5 Å². The third-order valence-corrected chi connectivity index (χ3v) is 5.01. The van der Waals surface area contributed by atoms with Gasteiger partial charge in [-0.1, -0.05) is 64.4 Å². The highest BCUT2D eigenvalue weighted by atomic mass is 16.3. The van der Waals surface area contributed by atoms with Crippen molar-refractivity contribution in [2.75, 3.05) is 6.61 Å². The van der Waals surface area contributed by atoms with Crippen molar-refractivity contribution < 1.29 is 10.2 Å². The molecule has 5 unspecified atom stereocenters. The first-order chi connectivity index (χ1) is 9.99. The maximum absolute atomic E-state index is 9.76. The maximum atomic E-state index is 9.76. The first-order valence-corrected chi connectivity index (χ1v) is 8.33. The Morgan fingerprint density at radius 3 is 2.05 bits per heavy atom. The first-order valence-electron chi connectivity index (χ1n) is 8.33. The summed E-state index contributed by atoms with van der Waals surface area (Å²) in [5.74, 6) is 2.18. The zero-order chi connectivity index (χ0) is 15.8. The summed E-state index contributed by atoms with van der Waals surface area (Å²) in [6.45, 7) is 8.95. The number of benzene rings is 1. The van der Waals surface area contributed by atoms with Crippen molar-refractivity contribution in [1.29, 1.82) is 0 Å². The van der Waals surface area contributed by atoms with E-state index in [0.717, 1.165) is 6.42 Å². The predicted molar refractivity (Wildman–Crippen MR) is 89.3 cm³/mol. The van der Waals surface area contributed by atoms with Gasteiger partial charge < -0.3 is 10.2 Å². The second kappa shape index (κ2) is 9.22. The highest BCUT2D eigenvalue weighted by Gasteiger charge is 2.25. The quantitative estimate of drug-likeness (QED) is 0.715. The Labute approximate surface area is 130 Å². The van der Waals surface area contributed by atoms with Gasteiger partial charge in [0.1, 0.15) is 0 Å². The van der Waals surface area contributed by atoms with E-state index in [2.05, 4.69) is 52.0 Å². The highest BCUT2D eigenvalue weighted by molar-refractivity contribution is 5.20. The zero-order valence-corrected chi connectivity index (χ0v) is 14.0. The van der Waals surface area contributed by atoms with Crippen LogP contribution in [-0.4, -0.2) is 22.9 Å². The van der Waals surface area contributed by atoms with Gasteiger partial charge in [0.15, 0.2) is 0 Å². The van der Waals surface area contributed by atoms with Gasteiger partial charge in [-0.05, 0) is 42.1 Å². The fraction of sp³-hybridized carbons (Fsp3) is 0.684. The Morgan fingerprint density at radius 2 is 1.52 bits per heavy atom. The monoisotopic (exact) mass is 292 g/mol. The van der Waals surface area contributed by atoms with Crippen LogP contribution in [-0.2, 0) is 0 Å². The maximum Gasteiger partial charge on any atom is 0.0773 e. The van der Waals surface area contributed by atoms with Gasteiger partial charge in [-0.3, -0.25) is 0 Å². The molecule has 0 aliphatic heterocycles. The fourth-order valence-electron chi connectivity index (χ4n) is 3.10. The van der Waals surface area contributed by atoms with Crippen LogP contribution in [0, 0.1) is 17.8 Å². The molecule has 0 aromatic heterocycles. The molecule has 0 fully saturated rings. The summed E-state index contributed by atoms with van der Waals surface area (Å²) in [6.07, 6.45) is 2.39. The average molecular weight is 292 g/mol. The molecule has 1 rings (SSSR count). The standard InChI is InChI=1S/C19H32O2/c1-5-14(2)15(3)12-19(16(4)11-18(21)13-20)17-9-7-6-8-10-17/h6-10,14-16,18-21H,5,11-13H2,1-4H3. The van der Waals surface area contributed by atoms with Crippen molar-refractivity contribution in [3.8, 4) is 0 Å². The van der Waals surface area contributed by atoms with Crippen molar-refractivity contribution in [1.82, 2.24) is 0 Å². The van der Waals surface area contributed by atoms with Crippen molar-refractivity contribution in [2.45, 2.75) is 59.0 Å². The molecule has 0 bridgehead atoms. The first kappa shape index (κ1) is 18.2. The Kier molecular flexibility index (Phi) is 7.98. The third kappa shape index (κ3) is 5.80. The highest BCUT2D eigenvalue weighted by Crippen LogP contribution is 2.36. The van der Waals surface area contributed by atoms with Gasteiger partial charge in [0.25, 0.3) is 0 Å². The van der Waals surface area contributed by atoms with Crippen molar-refractivity contribution >= 4 is 0 Å². The van der Waals surface area contributed by atoms with E-state index in [-0.39, 0.29) is 6.61 Å². The molecule has 120 valence electrons. The van der Waals surface area contributed by atoms with E-state index in [0.29, 0.717) is 30.1 Å². The zero-order valence-electron chi connectivity index (χ0n) is 14.0. The van der Waals surface area contributed by atoms with Crippen LogP contribution in [0.3, 0.4) is 0 Å². The second-order valence-electron chi connectivity index (χ2n) is 6.67. The molecule has 2 nitrogen and oxygen atoms in total. The number of rotatable bonds is 9. The van der Waals surface area contributed by atoms with E-state index >= 15 is 0 Å². The molecule has 0 heterocycles. The molecule has 0 aliphatic carbocycles. The molecular formula is C19H32O2. The number of hydrogen-bond acceptors (Lipinski definition) is 2. The van der Waals surface area contributed by atoms with Crippen molar-refractivity contribution in [3.63, 3.8) is 0 Å². The van der Waals surface area contributed by atoms with Crippen LogP contribution in [0.15, 0.2) is 30.3 Å². The smallest absolute Gasteiger partial charge is 0.0773 e. The van der Waals surface area contributed by atoms with Crippen LogP contribution in [0.2, 0.25) is 0 Å². The molecule has 0 saturated carbocycles. The lowest BCUT2D eigenvalue weighted by Gasteiger charge is -2.30. The van der Waals surface area contributed by atoms with E-state index in [1.807, 2.05) is 6.07 Å². The molecule has 0 spiro atoms. The van der Waals surface area contributed by atoms with Crippen LogP contribution < -0.4 is 0 Å². The summed E-state index contributed by atoms with van der Waals surface area (Å²) >= 11 is 0. The van der Waals surface area contributed by atoms with Gasteiger partial charge in [-0.15, -0.1) is 0 Å². The van der Waals surface area contributed by atoms with Gasteiger partial charge >= 0.3 is 0 Å². The van der Waals surface area contributed by atoms with Gasteiger partial charge in [0.2, 0.25) is 0 Å². The fourth-order valence-corrected chi connectivity index (χ4v) is 3.10. The normalized spacial score (nSPS) is 18.8. The summed E-state index contributed by atoms with van der Waals surface area (Å²) in [4.78, 5) is 0. The third-order valence-electron chi connectivity index (χ3n) is 5.01. The van der Waals surface area contributed by atoms with Crippen molar-refractivity contribution in [2.24, 2.45) is 17.8 Å². The number of aliphatic hydroxyl groups excluding tert-OH is 2. The molecule has 0 aliphatic rings. The van der Waals surface area contributed by atoms with Crippen LogP contribution in [0.4, 0.5) is 0 Å². The van der Waals surface area contributed by atoms with E-state index < -0.39 is 6.10 Å². The summed E-state index contributed by atoms with van der Waals surface area (Å²) in [5.41, 5.74) is 1.35. The number of hydrogen-bond donors (Lipinski definition) is 2. The molecule has 0 amide bonds. The molecule has 0 saturated heterocycles. The molecular weight excluding hydrogens is 260 g/mol. The summed E-state index contributed by atoms with van der Waals surface area (Å²) < 4.78 is 0. The van der Waals surface area contributed by atoms with Gasteiger partial charge in [-0.25, -0.2) is 0 Å². The molecule has 0 radical (unpaired) electrons.